The lowest BCUT2D eigenvalue weighted by Gasteiger charge is -2.32. The first-order valence-corrected chi connectivity index (χ1v) is 11.9. The fourth-order valence-electron chi connectivity index (χ4n) is 3.86. The van der Waals surface area contributed by atoms with E-state index in [1.807, 2.05) is 41.8 Å². The van der Waals surface area contributed by atoms with Gasteiger partial charge in [-0.1, -0.05) is 30.3 Å². The van der Waals surface area contributed by atoms with Crippen LogP contribution < -0.4 is 15.0 Å². The second kappa shape index (κ2) is 9.59. The maximum atomic E-state index is 13.0. The molecule has 2 heterocycles. The molecule has 0 aliphatic carbocycles. The van der Waals surface area contributed by atoms with Gasteiger partial charge in [-0.2, -0.15) is 0 Å². The van der Waals surface area contributed by atoms with E-state index in [0.717, 1.165) is 21.8 Å². The fraction of sp³-hybridized carbons (Fsp3) is 0.115. The zero-order valence-electron chi connectivity index (χ0n) is 19.1. The van der Waals surface area contributed by atoms with E-state index in [1.54, 1.807) is 19.1 Å². The summed E-state index contributed by atoms with van der Waals surface area (Å²) in [6.45, 7) is 1.39. The van der Waals surface area contributed by atoms with Crippen LogP contribution in [0.3, 0.4) is 0 Å². The minimum atomic E-state index is -0.750. The molecule has 0 spiro atoms. The minimum absolute atomic E-state index is 0.0795. The maximum absolute atomic E-state index is 13.0. The molecule has 10 heteroatoms. The highest BCUT2D eigenvalue weighted by atomic mass is 32.1. The van der Waals surface area contributed by atoms with Crippen LogP contribution in [-0.4, -0.2) is 34.4 Å². The normalized spacial score (nSPS) is 14.6. The van der Waals surface area contributed by atoms with Crippen LogP contribution in [0.1, 0.15) is 6.92 Å². The Balaban J connectivity index is 1.39. The van der Waals surface area contributed by atoms with Crippen molar-refractivity contribution in [3.63, 3.8) is 0 Å². The summed E-state index contributed by atoms with van der Waals surface area (Å²) in [5.74, 6) is -0.295. The Morgan fingerprint density at radius 3 is 2.58 bits per heavy atom. The highest BCUT2D eigenvalue weighted by Crippen LogP contribution is 2.38. The minimum Gasteiger partial charge on any atom is -0.479 e. The number of nitro groups is 1. The summed E-state index contributed by atoms with van der Waals surface area (Å²) in [5, 5.41) is 16.4. The van der Waals surface area contributed by atoms with Crippen LogP contribution >= 0.6 is 11.3 Å². The van der Waals surface area contributed by atoms with Crippen molar-refractivity contribution in [3.8, 4) is 27.6 Å². The first-order valence-electron chi connectivity index (χ1n) is 11.1. The molecule has 36 heavy (non-hydrogen) atoms. The molecular formula is C26H20N4O5S. The summed E-state index contributed by atoms with van der Waals surface area (Å²) in [6, 6.07) is 20.8. The molecule has 9 nitrogen and oxygen atoms in total. The molecule has 1 aliphatic rings. The number of anilines is 2. The Hall–Kier alpha value is -4.57. The van der Waals surface area contributed by atoms with Crippen molar-refractivity contribution in [2.45, 2.75) is 13.0 Å². The van der Waals surface area contributed by atoms with Crippen LogP contribution in [0.15, 0.2) is 78.2 Å². The van der Waals surface area contributed by atoms with E-state index >= 15 is 0 Å². The lowest BCUT2D eigenvalue weighted by Crippen LogP contribution is -2.47. The summed E-state index contributed by atoms with van der Waals surface area (Å²) in [4.78, 5) is 42.2. The van der Waals surface area contributed by atoms with Crippen LogP contribution in [0.5, 0.6) is 5.75 Å². The smallest absolute Gasteiger partial charge is 0.269 e. The van der Waals surface area contributed by atoms with E-state index in [1.165, 1.54) is 40.5 Å². The molecule has 2 amide bonds. The van der Waals surface area contributed by atoms with Gasteiger partial charge < -0.3 is 10.1 Å². The number of nitro benzene ring substituents is 1. The van der Waals surface area contributed by atoms with Crippen molar-refractivity contribution in [1.29, 1.82) is 0 Å². The van der Waals surface area contributed by atoms with Gasteiger partial charge in [0.1, 0.15) is 17.3 Å². The predicted molar refractivity (Wildman–Crippen MR) is 137 cm³/mol. The number of rotatable bonds is 6. The van der Waals surface area contributed by atoms with Gasteiger partial charge in [-0.15, -0.1) is 11.3 Å². The Kier molecular flexibility index (Phi) is 6.17. The van der Waals surface area contributed by atoms with Gasteiger partial charge in [-0.3, -0.25) is 24.6 Å². The van der Waals surface area contributed by atoms with E-state index in [9.17, 15) is 19.7 Å². The lowest BCUT2D eigenvalue weighted by atomic mass is 10.1. The SMILES string of the molecule is CC1Oc2ccc(-c3csc(-c4ccccc4)n3)cc2N(CC(=O)Nc2ccc([N+](=O)[O-])cc2)C1=O. The van der Waals surface area contributed by atoms with Crippen molar-refractivity contribution in [2.75, 3.05) is 16.8 Å². The first kappa shape index (κ1) is 23.2. The first-order chi connectivity index (χ1) is 17.4. The Bertz CT molecular complexity index is 1450. The Labute approximate surface area is 210 Å². The van der Waals surface area contributed by atoms with Gasteiger partial charge in [-0.05, 0) is 37.3 Å². The van der Waals surface area contributed by atoms with E-state index in [2.05, 4.69) is 5.32 Å². The highest BCUT2D eigenvalue weighted by molar-refractivity contribution is 7.13. The van der Waals surface area contributed by atoms with Crippen molar-refractivity contribution in [1.82, 2.24) is 4.98 Å². The number of carbonyl (C=O) groups is 2. The largest absolute Gasteiger partial charge is 0.479 e. The molecule has 0 bridgehead atoms. The number of hydrogen-bond donors (Lipinski definition) is 1. The van der Waals surface area contributed by atoms with Crippen molar-refractivity contribution < 1.29 is 19.2 Å². The quantitative estimate of drug-likeness (QED) is 0.290. The number of nitrogens with zero attached hydrogens (tertiary/aromatic N) is 3. The number of amides is 2. The molecule has 1 atom stereocenters. The zero-order chi connectivity index (χ0) is 25.2. The van der Waals surface area contributed by atoms with Crippen molar-refractivity contribution in [3.05, 3.63) is 88.3 Å². The van der Waals surface area contributed by atoms with Gasteiger partial charge in [0.05, 0.1) is 16.3 Å². The van der Waals surface area contributed by atoms with E-state index in [0.29, 0.717) is 17.1 Å². The average Bonchev–Trinajstić information content (AvgIpc) is 3.38. The molecular weight excluding hydrogens is 480 g/mol. The maximum Gasteiger partial charge on any atom is 0.269 e. The number of carbonyl (C=O) groups excluding carboxylic acids is 2. The van der Waals surface area contributed by atoms with E-state index in [4.69, 9.17) is 9.72 Å². The van der Waals surface area contributed by atoms with Crippen LogP contribution in [0, 0.1) is 10.1 Å². The lowest BCUT2D eigenvalue weighted by molar-refractivity contribution is -0.384. The number of ether oxygens (including phenoxy) is 1. The number of non-ortho nitro benzene ring substituents is 1. The summed E-state index contributed by atoms with van der Waals surface area (Å²) in [6.07, 6.45) is -0.750. The molecule has 3 aromatic carbocycles. The number of thiazole rings is 1. The summed E-state index contributed by atoms with van der Waals surface area (Å²) < 4.78 is 5.77. The second-order valence-corrected chi connectivity index (χ2v) is 8.98. The second-order valence-electron chi connectivity index (χ2n) is 8.12. The zero-order valence-corrected chi connectivity index (χ0v) is 19.9. The molecule has 0 fully saturated rings. The number of hydrogen-bond acceptors (Lipinski definition) is 7. The topological polar surface area (TPSA) is 115 Å². The van der Waals surface area contributed by atoms with Crippen LogP contribution in [-0.2, 0) is 9.59 Å². The monoisotopic (exact) mass is 500 g/mol. The number of benzene rings is 3. The van der Waals surface area contributed by atoms with Gasteiger partial charge in [0.15, 0.2) is 6.10 Å². The highest BCUT2D eigenvalue weighted by Gasteiger charge is 2.33. The van der Waals surface area contributed by atoms with E-state index in [-0.39, 0.29) is 18.1 Å². The molecule has 1 aliphatic heterocycles. The summed E-state index contributed by atoms with van der Waals surface area (Å²) >= 11 is 1.52. The molecule has 180 valence electrons. The molecule has 5 rings (SSSR count). The summed E-state index contributed by atoms with van der Waals surface area (Å²) in [5.41, 5.74) is 3.35. The van der Waals surface area contributed by atoms with Gasteiger partial charge in [-0.25, -0.2) is 4.98 Å². The van der Waals surface area contributed by atoms with Gasteiger partial charge in [0.2, 0.25) is 5.91 Å². The number of nitrogens with one attached hydrogen (secondary N) is 1. The standard InChI is InChI=1S/C26H20N4O5S/c1-16-26(32)29(14-24(31)27-19-8-10-20(11-9-19)30(33)34)22-13-18(7-12-23(22)35-16)21-15-36-25(28-21)17-5-3-2-4-6-17/h2-13,15-16H,14H2,1H3,(H,27,31). The molecule has 1 N–H and O–H groups in total. The number of fused-ring (bicyclic) bond motifs is 1. The van der Waals surface area contributed by atoms with Crippen LogP contribution in [0.25, 0.3) is 21.8 Å². The van der Waals surface area contributed by atoms with E-state index < -0.39 is 16.9 Å². The predicted octanol–water partition coefficient (Wildman–Crippen LogP) is 5.14. The summed E-state index contributed by atoms with van der Waals surface area (Å²) in [7, 11) is 0. The fourth-order valence-corrected chi connectivity index (χ4v) is 4.69. The molecule has 4 aromatic rings. The molecule has 0 saturated heterocycles. The van der Waals surface area contributed by atoms with Crippen LogP contribution in [0.4, 0.5) is 17.1 Å². The van der Waals surface area contributed by atoms with Gasteiger partial charge in [0, 0.05) is 34.3 Å². The Morgan fingerprint density at radius 1 is 1.11 bits per heavy atom. The third-order valence-electron chi connectivity index (χ3n) is 5.65. The molecule has 0 radical (unpaired) electrons. The third kappa shape index (κ3) is 4.66. The number of aromatic nitrogens is 1. The van der Waals surface area contributed by atoms with Gasteiger partial charge in [0.25, 0.3) is 11.6 Å². The average molecular weight is 501 g/mol. The third-order valence-corrected chi connectivity index (χ3v) is 6.54. The van der Waals surface area contributed by atoms with Gasteiger partial charge >= 0.3 is 0 Å². The molecule has 1 aromatic heterocycles. The van der Waals surface area contributed by atoms with Crippen molar-refractivity contribution in [2.24, 2.45) is 0 Å². The molecule has 1 unspecified atom stereocenters. The molecule has 0 saturated carbocycles. The van der Waals surface area contributed by atoms with Crippen LogP contribution in [0.2, 0.25) is 0 Å². The van der Waals surface area contributed by atoms with Crippen molar-refractivity contribution >= 4 is 40.2 Å². The Morgan fingerprint density at radius 2 is 1.86 bits per heavy atom.